The predicted octanol–water partition coefficient (Wildman–Crippen LogP) is -0.641. The van der Waals surface area contributed by atoms with E-state index in [9.17, 15) is 18.0 Å². The number of imidazole rings is 1. The summed E-state index contributed by atoms with van der Waals surface area (Å²) in [5, 5.41) is 0.0423. The Morgan fingerprint density at radius 3 is 2.96 bits per heavy atom. The van der Waals surface area contributed by atoms with Gasteiger partial charge in [0, 0.05) is 45.1 Å². The standard InChI is InChI=1S/C16H18N6O4S/c1-21-14-12(15(23)20-16(21)24)6-11(8-18-14)27(25,26)19-7-10-2-3-13-17-4-5-22(13)9-10/h4-6,8,10,19H,2-3,7,9H2,1H3,(H,20,23,24)/t10-/m0/s1. The number of H-pyrrole nitrogens is 1. The average molecular weight is 390 g/mol. The summed E-state index contributed by atoms with van der Waals surface area (Å²) < 4.78 is 31.0. The largest absolute Gasteiger partial charge is 0.335 e. The first-order valence-electron chi connectivity index (χ1n) is 8.44. The van der Waals surface area contributed by atoms with E-state index in [0.29, 0.717) is 6.54 Å². The van der Waals surface area contributed by atoms with E-state index >= 15 is 0 Å². The summed E-state index contributed by atoms with van der Waals surface area (Å²) in [6, 6.07) is 1.23. The van der Waals surface area contributed by atoms with Crippen molar-refractivity contribution in [3.8, 4) is 0 Å². The van der Waals surface area contributed by atoms with Gasteiger partial charge in [0.2, 0.25) is 10.0 Å². The maximum Gasteiger partial charge on any atom is 0.329 e. The van der Waals surface area contributed by atoms with E-state index in [4.69, 9.17) is 0 Å². The summed E-state index contributed by atoms with van der Waals surface area (Å²) in [6.45, 7) is 0.983. The van der Waals surface area contributed by atoms with Crippen LogP contribution >= 0.6 is 0 Å². The molecular weight excluding hydrogens is 372 g/mol. The maximum atomic E-state index is 12.6. The van der Waals surface area contributed by atoms with Gasteiger partial charge in [0.1, 0.15) is 16.4 Å². The van der Waals surface area contributed by atoms with Crippen LogP contribution in [0.1, 0.15) is 12.2 Å². The highest BCUT2D eigenvalue weighted by Crippen LogP contribution is 2.19. The number of nitrogens with one attached hydrogen (secondary N) is 2. The molecule has 3 aromatic rings. The Morgan fingerprint density at radius 1 is 1.33 bits per heavy atom. The number of nitrogens with zero attached hydrogens (tertiary/aromatic N) is 4. The second kappa shape index (κ2) is 6.43. The van der Waals surface area contributed by atoms with Crippen molar-refractivity contribution in [2.75, 3.05) is 6.54 Å². The molecule has 0 unspecified atom stereocenters. The number of sulfonamides is 1. The summed E-state index contributed by atoms with van der Waals surface area (Å²) in [7, 11) is -2.38. The van der Waals surface area contributed by atoms with Gasteiger partial charge in [-0.25, -0.2) is 27.9 Å². The van der Waals surface area contributed by atoms with E-state index < -0.39 is 21.3 Å². The van der Waals surface area contributed by atoms with Crippen LogP contribution in [-0.4, -0.2) is 39.0 Å². The Kier molecular flexibility index (Phi) is 4.19. The molecule has 4 heterocycles. The highest BCUT2D eigenvalue weighted by Gasteiger charge is 2.22. The van der Waals surface area contributed by atoms with Crippen LogP contribution in [0.2, 0.25) is 0 Å². The zero-order valence-corrected chi connectivity index (χ0v) is 15.4. The minimum Gasteiger partial charge on any atom is -0.335 e. The molecule has 4 rings (SSSR count). The van der Waals surface area contributed by atoms with Crippen molar-refractivity contribution in [3.05, 3.63) is 51.3 Å². The molecule has 0 radical (unpaired) electrons. The molecule has 11 heteroatoms. The molecule has 27 heavy (non-hydrogen) atoms. The molecule has 0 aromatic carbocycles. The van der Waals surface area contributed by atoms with Gasteiger partial charge in [-0.05, 0) is 18.4 Å². The lowest BCUT2D eigenvalue weighted by Crippen LogP contribution is -2.34. The van der Waals surface area contributed by atoms with Crippen LogP contribution in [0.5, 0.6) is 0 Å². The third kappa shape index (κ3) is 3.19. The quantitative estimate of drug-likeness (QED) is 0.609. The number of hydrogen-bond acceptors (Lipinski definition) is 6. The molecule has 0 saturated carbocycles. The Bertz CT molecular complexity index is 1240. The summed E-state index contributed by atoms with van der Waals surface area (Å²) in [5.41, 5.74) is -1.15. The van der Waals surface area contributed by atoms with E-state index in [2.05, 4.69) is 19.7 Å². The zero-order valence-electron chi connectivity index (χ0n) is 14.5. The first-order chi connectivity index (χ1) is 12.8. The van der Waals surface area contributed by atoms with E-state index in [1.54, 1.807) is 6.20 Å². The lowest BCUT2D eigenvalue weighted by Gasteiger charge is -2.23. The second-order valence-electron chi connectivity index (χ2n) is 6.61. The fraction of sp³-hybridized carbons (Fsp3) is 0.375. The molecule has 1 aliphatic rings. The van der Waals surface area contributed by atoms with E-state index in [1.165, 1.54) is 13.1 Å². The number of rotatable bonds is 4. The highest BCUT2D eigenvalue weighted by molar-refractivity contribution is 7.89. The zero-order chi connectivity index (χ0) is 19.2. The molecule has 2 N–H and O–H groups in total. The second-order valence-corrected chi connectivity index (χ2v) is 8.38. The predicted molar refractivity (Wildman–Crippen MR) is 96.8 cm³/mol. The molecule has 0 amide bonds. The normalized spacial score (nSPS) is 17.1. The lowest BCUT2D eigenvalue weighted by molar-refractivity contribution is 0.363. The van der Waals surface area contributed by atoms with Gasteiger partial charge in [-0.1, -0.05) is 0 Å². The fourth-order valence-electron chi connectivity index (χ4n) is 3.28. The van der Waals surface area contributed by atoms with Crippen molar-refractivity contribution in [1.82, 2.24) is 28.8 Å². The number of hydrogen-bond donors (Lipinski definition) is 2. The van der Waals surface area contributed by atoms with Crippen LogP contribution in [0.15, 0.2) is 39.1 Å². The number of aromatic nitrogens is 5. The number of aromatic amines is 1. The molecule has 0 bridgehead atoms. The summed E-state index contributed by atoms with van der Waals surface area (Å²) >= 11 is 0. The van der Waals surface area contributed by atoms with Crippen LogP contribution in [-0.2, 0) is 30.0 Å². The molecule has 0 fully saturated rings. The summed E-state index contributed by atoms with van der Waals surface area (Å²) in [6.07, 6.45) is 6.43. The van der Waals surface area contributed by atoms with Crippen molar-refractivity contribution < 1.29 is 8.42 Å². The van der Waals surface area contributed by atoms with Crippen molar-refractivity contribution in [2.24, 2.45) is 13.0 Å². The molecule has 0 aliphatic carbocycles. The number of aryl methyl sites for hydroxylation is 2. The Balaban J connectivity index is 1.57. The molecular formula is C16H18N6O4S. The Hall–Kier alpha value is -2.79. The van der Waals surface area contributed by atoms with Crippen LogP contribution in [0.25, 0.3) is 11.0 Å². The maximum absolute atomic E-state index is 12.6. The smallest absolute Gasteiger partial charge is 0.329 e. The topological polar surface area (TPSA) is 132 Å². The molecule has 1 atom stereocenters. The first-order valence-corrected chi connectivity index (χ1v) is 9.92. The van der Waals surface area contributed by atoms with Crippen molar-refractivity contribution >= 4 is 21.1 Å². The molecule has 142 valence electrons. The molecule has 10 nitrogen and oxygen atoms in total. The van der Waals surface area contributed by atoms with Gasteiger partial charge in [-0.15, -0.1) is 0 Å². The Morgan fingerprint density at radius 2 is 2.15 bits per heavy atom. The first kappa shape index (κ1) is 17.6. The van der Waals surface area contributed by atoms with Gasteiger partial charge in [-0.3, -0.25) is 14.3 Å². The van der Waals surface area contributed by atoms with Gasteiger partial charge < -0.3 is 4.57 Å². The summed E-state index contributed by atoms with van der Waals surface area (Å²) in [5.74, 6) is 1.16. The SMILES string of the molecule is Cn1c(=O)[nH]c(=O)c2cc(S(=O)(=O)NC[C@@H]3CCc4nccn4C3)cnc21. The lowest BCUT2D eigenvalue weighted by atomic mass is 10.00. The van der Waals surface area contributed by atoms with E-state index in [-0.39, 0.29) is 28.4 Å². The fourth-order valence-corrected chi connectivity index (χ4v) is 4.37. The summed E-state index contributed by atoms with van der Waals surface area (Å²) in [4.78, 5) is 33.9. The van der Waals surface area contributed by atoms with Gasteiger partial charge in [0.15, 0.2) is 0 Å². The molecule has 0 saturated heterocycles. The average Bonchev–Trinajstić information content (AvgIpc) is 3.12. The van der Waals surface area contributed by atoms with Gasteiger partial charge in [-0.2, -0.15) is 0 Å². The van der Waals surface area contributed by atoms with Crippen LogP contribution < -0.4 is 16.0 Å². The van der Waals surface area contributed by atoms with Crippen LogP contribution in [0.3, 0.4) is 0 Å². The van der Waals surface area contributed by atoms with E-state index in [1.807, 2.05) is 10.8 Å². The van der Waals surface area contributed by atoms with Crippen molar-refractivity contribution in [1.29, 1.82) is 0 Å². The van der Waals surface area contributed by atoms with E-state index in [0.717, 1.165) is 29.4 Å². The van der Waals surface area contributed by atoms with Crippen molar-refractivity contribution in [3.63, 3.8) is 0 Å². The molecule has 3 aromatic heterocycles. The minimum atomic E-state index is -3.83. The van der Waals surface area contributed by atoms with Crippen LogP contribution in [0.4, 0.5) is 0 Å². The third-order valence-corrected chi connectivity index (χ3v) is 6.22. The van der Waals surface area contributed by atoms with Gasteiger partial charge >= 0.3 is 5.69 Å². The minimum absolute atomic E-state index is 0.0423. The molecule has 0 spiro atoms. The third-order valence-electron chi connectivity index (χ3n) is 4.83. The Labute approximate surface area is 153 Å². The van der Waals surface area contributed by atoms with Crippen LogP contribution in [0, 0.1) is 5.92 Å². The van der Waals surface area contributed by atoms with Gasteiger partial charge in [0.25, 0.3) is 5.56 Å². The number of fused-ring (bicyclic) bond motifs is 2. The number of pyridine rings is 1. The monoisotopic (exact) mass is 390 g/mol. The van der Waals surface area contributed by atoms with Gasteiger partial charge in [0.05, 0.1) is 5.39 Å². The highest BCUT2D eigenvalue weighted by atomic mass is 32.2. The molecule has 1 aliphatic heterocycles. The van der Waals surface area contributed by atoms with Crippen molar-refractivity contribution in [2.45, 2.75) is 24.3 Å².